The van der Waals surface area contributed by atoms with Gasteiger partial charge in [-0.25, -0.2) is 0 Å². The molecule has 0 heterocycles. The standard InChI is InChI=1S/C21H18Cl2INO2/c1-26-20-11-15(12-25-18-7-5-16(22)6-8-18)10-19(24)21(20)27-13-14-3-2-4-17(23)9-14/h2-11,25H,12-13H2,1H3. The highest BCUT2D eigenvalue weighted by atomic mass is 127. The summed E-state index contributed by atoms with van der Waals surface area (Å²) in [5.74, 6) is 1.44. The highest BCUT2D eigenvalue weighted by Crippen LogP contribution is 2.35. The molecule has 0 atom stereocenters. The van der Waals surface area contributed by atoms with Crippen molar-refractivity contribution in [2.75, 3.05) is 12.4 Å². The second-order valence-electron chi connectivity index (χ2n) is 5.89. The van der Waals surface area contributed by atoms with Crippen LogP contribution in [0.1, 0.15) is 11.1 Å². The Hall–Kier alpha value is -1.63. The van der Waals surface area contributed by atoms with Crippen LogP contribution >= 0.6 is 45.8 Å². The summed E-state index contributed by atoms with van der Waals surface area (Å²) in [4.78, 5) is 0. The van der Waals surface area contributed by atoms with E-state index in [4.69, 9.17) is 32.7 Å². The molecule has 0 unspecified atom stereocenters. The highest BCUT2D eigenvalue weighted by molar-refractivity contribution is 14.1. The maximum atomic E-state index is 6.04. The molecule has 0 amide bonds. The summed E-state index contributed by atoms with van der Waals surface area (Å²) in [6.07, 6.45) is 0. The number of benzene rings is 3. The van der Waals surface area contributed by atoms with Crippen LogP contribution in [0.4, 0.5) is 5.69 Å². The monoisotopic (exact) mass is 513 g/mol. The van der Waals surface area contributed by atoms with E-state index in [1.54, 1.807) is 7.11 Å². The molecule has 3 aromatic carbocycles. The van der Waals surface area contributed by atoms with Crippen molar-refractivity contribution in [2.24, 2.45) is 0 Å². The molecule has 3 rings (SSSR count). The number of hydrogen-bond acceptors (Lipinski definition) is 3. The van der Waals surface area contributed by atoms with Crippen LogP contribution in [0.2, 0.25) is 10.0 Å². The zero-order chi connectivity index (χ0) is 19.2. The predicted molar refractivity (Wildman–Crippen MR) is 120 cm³/mol. The average molecular weight is 514 g/mol. The molecule has 0 saturated heterocycles. The van der Waals surface area contributed by atoms with E-state index < -0.39 is 0 Å². The SMILES string of the molecule is COc1cc(CNc2ccc(Cl)cc2)cc(I)c1OCc1cccc(Cl)c1. The Labute approximate surface area is 182 Å². The van der Waals surface area contributed by atoms with Gasteiger partial charge in [-0.1, -0.05) is 35.3 Å². The third-order valence-electron chi connectivity index (χ3n) is 3.90. The largest absolute Gasteiger partial charge is 0.493 e. The molecule has 0 aromatic heterocycles. The van der Waals surface area contributed by atoms with Gasteiger partial charge in [0, 0.05) is 22.3 Å². The van der Waals surface area contributed by atoms with Crippen LogP contribution in [0, 0.1) is 3.57 Å². The minimum atomic E-state index is 0.426. The summed E-state index contributed by atoms with van der Waals surface area (Å²) in [6, 6.07) is 19.3. The van der Waals surface area contributed by atoms with E-state index in [1.807, 2.05) is 54.6 Å². The fourth-order valence-electron chi connectivity index (χ4n) is 2.57. The first-order valence-electron chi connectivity index (χ1n) is 8.28. The Morgan fingerprint density at radius 2 is 1.70 bits per heavy atom. The van der Waals surface area contributed by atoms with E-state index in [9.17, 15) is 0 Å². The number of rotatable bonds is 7. The van der Waals surface area contributed by atoms with Gasteiger partial charge in [0.15, 0.2) is 11.5 Å². The molecule has 27 heavy (non-hydrogen) atoms. The molecule has 3 aromatic rings. The topological polar surface area (TPSA) is 30.5 Å². The highest BCUT2D eigenvalue weighted by Gasteiger charge is 2.12. The van der Waals surface area contributed by atoms with Crippen molar-refractivity contribution in [1.82, 2.24) is 0 Å². The molecule has 140 valence electrons. The number of halogens is 3. The van der Waals surface area contributed by atoms with E-state index in [-0.39, 0.29) is 0 Å². The minimum absolute atomic E-state index is 0.426. The molecule has 1 N–H and O–H groups in total. The van der Waals surface area contributed by atoms with Crippen LogP contribution in [0.5, 0.6) is 11.5 Å². The molecule has 0 bridgehead atoms. The van der Waals surface area contributed by atoms with Crippen molar-refractivity contribution >= 4 is 51.5 Å². The normalized spacial score (nSPS) is 10.5. The lowest BCUT2D eigenvalue weighted by atomic mass is 10.2. The smallest absolute Gasteiger partial charge is 0.174 e. The van der Waals surface area contributed by atoms with E-state index >= 15 is 0 Å². The summed E-state index contributed by atoms with van der Waals surface area (Å²) in [5, 5.41) is 4.79. The van der Waals surface area contributed by atoms with E-state index in [2.05, 4.69) is 34.0 Å². The van der Waals surface area contributed by atoms with Crippen LogP contribution in [-0.4, -0.2) is 7.11 Å². The van der Waals surface area contributed by atoms with E-state index in [0.717, 1.165) is 31.2 Å². The van der Waals surface area contributed by atoms with Crippen molar-refractivity contribution in [3.63, 3.8) is 0 Å². The fraction of sp³-hybridized carbons (Fsp3) is 0.143. The molecule has 6 heteroatoms. The molecule has 0 saturated carbocycles. The summed E-state index contributed by atoms with van der Waals surface area (Å²) >= 11 is 14.2. The molecule has 3 nitrogen and oxygen atoms in total. The van der Waals surface area contributed by atoms with Gasteiger partial charge in [0.25, 0.3) is 0 Å². The maximum absolute atomic E-state index is 6.04. The van der Waals surface area contributed by atoms with Crippen molar-refractivity contribution in [2.45, 2.75) is 13.2 Å². The van der Waals surface area contributed by atoms with Gasteiger partial charge in [-0.2, -0.15) is 0 Å². The number of methoxy groups -OCH3 is 1. The number of ether oxygens (including phenoxy) is 2. The summed E-state index contributed by atoms with van der Waals surface area (Å²) < 4.78 is 12.5. The molecular weight excluding hydrogens is 496 g/mol. The van der Waals surface area contributed by atoms with Gasteiger partial charge in [0.2, 0.25) is 0 Å². The third kappa shape index (κ3) is 5.67. The summed E-state index contributed by atoms with van der Waals surface area (Å²) in [7, 11) is 1.65. The zero-order valence-corrected chi connectivity index (χ0v) is 18.3. The lowest BCUT2D eigenvalue weighted by Gasteiger charge is -2.15. The second kappa shape index (κ2) is 9.53. The first-order valence-corrected chi connectivity index (χ1v) is 10.1. The lowest BCUT2D eigenvalue weighted by molar-refractivity contribution is 0.282. The molecule has 0 fully saturated rings. The van der Waals surface area contributed by atoms with Crippen molar-refractivity contribution in [1.29, 1.82) is 0 Å². The molecule has 0 radical (unpaired) electrons. The second-order valence-corrected chi connectivity index (χ2v) is 7.92. The maximum Gasteiger partial charge on any atom is 0.174 e. The van der Waals surface area contributed by atoms with Crippen molar-refractivity contribution in [3.05, 3.63) is 85.4 Å². The van der Waals surface area contributed by atoms with Gasteiger partial charge in [0.1, 0.15) is 6.61 Å². The van der Waals surface area contributed by atoms with E-state index in [1.165, 1.54) is 0 Å². The van der Waals surface area contributed by atoms with Gasteiger partial charge in [-0.05, 0) is 82.2 Å². The van der Waals surface area contributed by atoms with Crippen molar-refractivity contribution < 1.29 is 9.47 Å². The predicted octanol–water partition coefficient (Wildman–Crippen LogP) is 6.80. The summed E-state index contributed by atoms with van der Waals surface area (Å²) in [5.41, 5.74) is 3.12. The number of hydrogen-bond donors (Lipinski definition) is 1. The van der Waals surface area contributed by atoms with Gasteiger partial charge in [-0.3, -0.25) is 0 Å². The van der Waals surface area contributed by atoms with Crippen LogP contribution < -0.4 is 14.8 Å². The quantitative estimate of drug-likeness (QED) is 0.352. The van der Waals surface area contributed by atoms with Crippen LogP contribution in [0.3, 0.4) is 0 Å². The van der Waals surface area contributed by atoms with Gasteiger partial charge >= 0.3 is 0 Å². The molecule has 0 aliphatic carbocycles. The zero-order valence-electron chi connectivity index (χ0n) is 14.6. The Morgan fingerprint density at radius 1 is 0.926 bits per heavy atom. The Bertz CT molecular complexity index is 917. The average Bonchev–Trinajstić information content (AvgIpc) is 2.66. The fourth-order valence-corrected chi connectivity index (χ4v) is 3.73. The van der Waals surface area contributed by atoms with Crippen LogP contribution in [0.25, 0.3) is 0 Å². The first kappa shape index (κ1) is 20.1. The Balaban J connectivity index is 1.71. The molecule has 0 spiro atoms. The molecule has 0 aliphatic heterocycles. The van der Waals surface area contributed by atoms with E-state index in [0.29, 0.717) is 23.9 Å². The molecular formula is C21H18Cl2INO2. The Kier molecular flexibility index (Phi) is 7.10. The lowest BCUT2D eigenvalue weighted by Crippen LogP contribution is -2.03. The van der Waals surface area contributed by atoms with Crippen LogP contribution in [-0.2, 0) is 13.2 Å². The summed E-state index contributed by atoms with van der Waals surface area (Å²) in [6.45, 7) is 1.10. The van der Waals surface area contributed by atoms with Crippen LogP contribution in [0.15, 0.2) is 60.7 Å². The minimum Gasteiger partial charge on any atom is -0.493 e. The Morgan fingerprint density at radius 3 is 2.41 bits per heavy atom. The van der Waals surface area contributed by atoms with Gasteiger partial charge < -0.3 is 14.8 Å². The van der Waals surface area contributed by atoms with Gasteiger partial charge in [0.05, 0.1) is 10.7 Å². The number of anilines is 1. The van der Waals surface area contributed by atoms with Crippen molar-refractivity contribution in [3.8, 4) is 11.5 Å². The van der Waals surface area contributed by atoms with Gasteiger partial charge in [-0.15, -0.1) is 0 Å². The first-order chi connectivity index (χ1) is 13.0. The number of nitrogens with one attached hydrogen (secondary N) is 1. The third-order valence-corrected chi connectivity index (χ3v) is 5.19. The molecule has 0 aliphatic rings.